The Morgan fingerprint density at radius 3 is 2.20 bits per heavy atom. The zero-order valence-corrected chi connectivity index (χ0v) is 18.3. The van der Waals surface area contributed by atoms with Crippen LogP contribution in [0.25, 0.3) is 0 Å². The first-order chi connectivity index (χ1) is 14.4. The SMILES string of the molecule is CCOc1cc(CNc2cc(Cl)c(O)c(Cl)c2)cc(Cl)c1OCc1ccc(F)cc1. The second-order valence-electron chi connectivity index (χ2n) is 6.40. The predicted octanol–water partition coefficient (Wildman–Crippen LogP) is 7.08. The zero-order chi connectivity index (χ0) is 21.7. The molecule has 30 heavy (non-hydrogen) atoms. The van der Waals surface area contributed by atoms with Crippen molar-refractivity contribution in [2.75, 3.05) is 11.9 Å². The van der Waals surface area contributed by atoms with E-state index in [1.165, 1.54) is 12.1 Å². The van der Waals surface area contributed by atoms with Gasteiger partial charge in [0.15, 0.2) is 17.2 Å². The van der Waals surface area contributed by atoms with Gasteiger partial charge in [0.2, 0.25) is 0 Å². The number of benzene rings is 3. The number of nitrogens with one attached hydrogen (secondary N) is 1. The van der Waals surface area contributed by atoms with Crippen molar-refractivity contribution >= 4 is 40.5 Å². The average molecular weight is 471 g/mol. The Labute approximate surface area is 189 Å². The highest BCUT2D eigenvalue weighted by molar-refractivity contribution is 6.37. The summed E-state index contributed by atoms with van der Waals surface area (Å²) in [7, 11) is 0. The molecule has 0 aliphatic carbocycles. The number of halogens is 4. The third-order valence-corrected chi connectivity index (χ3v) is 5.04. The summed E-state index contributed by atoms with van der Waals surface area (Å²) in [5, 5.41) is 13.5. The van der Waals surface area contributed by atoms with Crippen LogP contribution >= 0.6 is 34.8 Å². The molecule has 0 saturated carbocycles. The molecule has 3 rings (SSSR count). The third-order valence-electron chi connectivity index (χ3n) is 4.18. The molecule has 3 aromatic carbocycles. The fraction of sp³-hybridized carbons (Fsp3) is 0.182. The highest BCUT2D eigenvalue weighted by atomic mass is 35.5. The molecule has 0 spiro atoms. The fourth-order valence-electron chi connectivity index (χ4n) is 2.73. The highest BCUT2D eigenvalue weighted by Gasteiger charge is 2.14. The average Bonchev–Trinajstić information content (AvgIpc) is 2.71. The molecule has 0 radical (unpaired) electrons. The van der Waals surface area contributed by atoms with Crippen molar-refractivity contribution in [1.29, 1.82) is 0 Å². The molecule has 0 heterocycles. The van der Waals surface area contributed by atoms with Gasteiger partial charge >= 0.3 is 0 Å². The summed E-state index contributed by atoms with van der Waals surface area (Å²) >= 11 is 18.4. The molecule has 3 aromatic rings. The van der Waals surface area contributed by atoms with Gasteiger partial charge in [0.05, 0.1) is 21.7 Å². The summed E-state index contributed by atoms with van der Waals surface area (Å²) in [5.74, 6) is 0.459. The second-order valence-corrected chi connectivity index (χ2v) is 7.62. The van der Waals surface area contributed by atoms with Gasteiger partial charge in [-0.2, -0.15) is 0 Å². The first-order valence-corrected chi connectivity index (χ1v) is 10.2. The molecule has 2 N–H and O–H groups in total. The van der Waals surface area contributed by atoms with E-state index >= 15 is 0 Å². The van der Waals surface area contributed by atoms with Gasteiger partial charge in [0.1, 0.15) is 12.4 Å². The summed E-state index contributed by atoms with van der Waals surface area (Å²) in [6.07, 6.45) is 0. The third kappa shape index (κ3) is 5.63. The lowest BCUT2D eigenvalue weighted by Crippen LogP contribution is -2.04. The Kier molecular flexibility index (Phi) is 7.53. The van der Waals surface area contributed by atoms with Crippen LogP contribution in [0.5, 0.6) is 17.2 Å². The normalized spacial score (nSPS) is 10.7. The van der Waals surface area contributed by atoms with E-state index in [1.807, 2.05) is 13.0 Å². The molecular formula is C22H19Cl3FNO3. The van der Waals surface area contributed by atoms with E-state index in [9.17, 15) is 9.50 Å². The van der Waals surface area contributed by atoms with Gasteiger partial charge in [-0.3, -0.25) is 0 Å². The lowest BCUT2D eigenvalue weighted by molar-refractivity contribution is 0.269. The van der Waals surface area contributed by atoms with Crippen LogP contribution in [-0.4, -0.2) is 11.7 Å². The van der Waals surface area contributed by atoms with Crippen LogP contribution in [0.4, 0.5) is 10.1 Å². The highest BCUT2D eigenvalue weighted by Crippen LogP contribution is 2.38. The van der Waals surface area contributed by atoms with Crippen LogP contribution in [0.1, 0.15) is 18.1 Å². The van der Waals surface area contributed by atoms with Crippen molar-refractivity contribution in [3.63, 3.8) is 0 Å². The molecule has 0 aromatic heterocycles. The van der Waals surface area contributed by atoms with Crippen molar-refractivity contribution in [3.05, 3.63) is 80.5 Å². The smallest absolute Gasteiger partial charge is 0.180 e. The van der Waals surface area contributed by atoms with Crippen LogP contribution in [-0.2, 0) is 13.2 Å². The first-order valence-electron chi connectivity index (χ1n) is 9.11. The number of aromatic hydroxyl groups is 1. The fourth-order valence-corrected chi connectivity index (χ4v) is 3.51. The quantitative estimate of drug-likeness (QED) is 0.345. The Balaban J connectivity index is 1.75. The van der Waals surface area contributed by atoms with Crippen LogP contribution in [0.15, 0.2) is 48.5 Å². The van der Waals surface area contributed by atoms with Gasteiger partial charge in [-0.25, -0.2) is 4.39 Å². The zero-order valence-electron chi connectivity index (χ0n) is 16.0. The maximum Gasteiger partial charge on any atom is 0.180 e. The molecule has 0 unspecified atom stereocenters. The second kappa shape index (κ2) is 10.1. The van der Waals surface area contributed by atoms with Gasteiger partial charge in [-0.05, 0) is 54.4 Å². The number of hydrogen-bond acceptors (Lipinski definition) is 4. The number of anilines is 1. The minimum Gasteiger partial charge on any atom is -0.505 e. The van der Waals surface area contributed by atoms with E-state index in [1.54, 1.807) is 30.3 Å². The maximum absolute atomic E-state index is 13.1. The standard InChI is InChI=1S/C22H19Cl3FNO3/c1-2-29-20-8-14(11-27-16-9-17(23)21(28)18(24)10-16)7-19(25)22(20)30-12-13-3-5-15(26)6-4-13/h3-10,27-28H,2,11-12H2,1H3. The monoisotopic (exact) mass is 469 g/mol. The Morgan fingerprint density at radius 1 is 0.900 bits per heavy atom. The minimum absolute atomic E-state index is 0.155. The van der Waals surface area contributed by atoms with Crippen LogP contribution < -0.4 is 14.8 Å². The Bertz CT molecular complexity index is 1010. The molecule has 4 nitrogen and oxygen atoms in total. The molecule has 0 atom stereocenters. The van der Waals surface area contributed by atoms with Crippen molar-refractivity contribution < 1.29 is 19.0 Å². The molecule has 0 fully saturated rings. The largest absolute Gasteiger partial charge is 0.505 e. The summed E-state index contributed by atoms with van der Waals surface area (Å²) in [4.78, 5) is 0. The van der Waals surface area contributed by atoms with Crippen LogP contribution in [0, 0.1) is 5.82 Å². The topological polar surface area (TPSA) is 50.7 Å². The van der Waals surface area contributed by atoms with Gasteiger partial charge in [0.25, 0.3) is 0 Å². The first kappa shape index (κ1) is 22.3. The number of phenols is 1. The minimum atomic E-state index is -0.306. The van der Waals surface area contributed by atoms with Gasteiger partial charge in [0, 0.05) is 12.2 Å². The molecule has 0 aliphatic heterocycles. The Hall–Kier alpha value is -2.34. The van der Waals surface area contributed by atoms with Crippen molar-refractivity contribution in [2.45, 2.75) is 20.1 Å². The lowest BCUT2D eigenvalue weighted by Gasteiger charge is -2.16. The summed E-state index contributed by atoms with van der Waals surface area (Å²) in [5.41, 5.74) is 2.30. The summed E-state index contributed by atoms with van der Waals surface area (Å²) in [6, 6.07) is 12.8. The summed E-state index contributed by atoms with van der Waals surface area (Å²) in [6.45, 7) is 2.93. The molecule has 0 aliphatic rings. The van der Waals surface area contributed by atoms with E-state index in [2.05, 4.69) is 5.32 Å². The van der Waals surface area contributed by atoms with Crippen molar-refractivity contribution in [2.24, 2.45) is 0 Å². The molecular weight excluding hydrogens is 452 g/mol. The van der Waals surface area contributed by atoms with Crippen molar-refractivity contribution in [1.82, 2.24) is 0 Å². The molecule has 0 bridgehead atoms. The van der Waals surface area contributed by atoms with E-state index in [0.29, 0.717) is 35.4 Å². The molecule has 8 heteroatoms. The predicted molar refractivity (Wildman–Crippen MR) is 119 cm³/mol. The lowest BCUT2D eigenvalue weighted by atomic mass is 10.2. The van der Waals surface area contributed by atoms with E-state index in [0.717, 1.165) is 11.1 Å². The number of hydrogen-bond donors (Lipinski definition) is 2. The van der Waals surface area contributed by atoms with Gasteiger partial charge in [-0.15, -0.1) is 0 Å². The summed E-state index contributed by atoms with van der Waals surface area (Å²) < 4.78 is 24.6. The Morgan fingerprint density at radius 2 is 1.57 bits per heavy atom. The number of ether oxygens (including phenoxy) is 2. The van der Waals surface area contributed by atoms with E-state index in [-0.39, 0.29) is 28.2 Å². The van der Waals surface area contributed by atoms with Crippen molar-refractivity contribution in [3.8, 4) is 17.2 Å². The molecule has 0 saturated heterocycles. The van der Waals surface area contributed by atoms with Crippen LogP contribution in [0.3, 0.4) is 0 Å². The number of rotatable bonds is 8. The van der Waals surface area contributed by atoms with Gasteiger partial charge < -0.3 is 19.9 Å². The van der Waals surface area contributed by atoms with E-state index in [4.69, 9.17) is 44.3 Å². The maximum atomic E-state index is 13.1. The van der Waals surface area contributed by atoms with Gasteiger partial charge in [-0.1, -0.05) is 46.9 Å². The number of phenolic OH excluding ortho intramolecular Hbond substituents is 1. The molecule has 0 amide bonds. The molecule has 158 valence electrons. The van der Waals surface area contributed by atoms with E-state index < -0.39 is 0 Å². The van der Waals surface area contributed by atoms with Crippen LogP contribution in [0.2, 0.25) is 15.1 Å².